The van der Waals surface area contributed by atoms with Crippen molar-refractivity contribution in [2.75, 3.05) is 0 Å². The van der Waals surface area contributed by atoms with Gasteiger partial charge in [0.2, 0.25) is 5.43 Å². The predicted molar refractivity (Wildman–Crippen MR) is 57.0 cm³/mol. The highest BCUT2D eigenvalue weighted by Crippen LogP contribution is 2.12. The molecule has 0 amide bonds. The van der Waals surface area contributed by atoms with E-state index in [0.29, 0.717) is 0 Å². The first-order valence-electron chi connectivity index (χ1n) is 4.59. The van der Waals surface area contributed by atoms with Crippen molar-refractivity contribution in [2.45, 2.75) is 0 Å². The number of pyridine rings is 1. The number of halogens is 1. The van der Waals surface area contributed by atoms with E-state index in [9.17, 15) is 18.8 Å². The SMILES string of the molecule is O=C(F)c1ccc2c(=O)c(C(=O)O)c[nH]c2c1. The summed E-state index contributed by atoms with van der Waals surface area (Å²) in [6.07, 6.45) is 1.01. The molecule has 0 spiro atoms. The van der Waals surface area contributed by atoms with E-state index >= 15 is 0 Å². The maximum absolute atomic E-state index is 12.4. The van der Waals surface area contributed by atoms with Crippen LogP contribution in [0.3, 0.4) is 0 Å². The highest BCUT2D eigenvalue weighted by Gasteiger charge is 2.12. The van der Waals surface area contributed by atoms with Crippen LogP contribution in [0.1, 0.15) is 20.7 Å². The van der Waals surface area contributed by atoms with Crippen molar-refractivity contribution in [1.29, 1.82) is 0 Å². The number of H-pyrrole nitrogens is 1. The number of carboxylic acids is 1. The Bertz CT molecular complexity index is 689. The van der Waals surface area contributed by atoms with Gasteiger partial charge < -0.3 is 10.1 Å². The maximum atomic E-state index is 12.4. The summed E-state index contributed by atoms with van der Waals surface area (Å²) in [7, 11) is 0. The molecule has 0 radical (unpaired) electrons. The lowest BCUT2D eigenvalue weighted by atomic mass is 10.1. The van der Waals surface area contributed by atoms with Gasteiger partial charge in [-0.05, 0) is 18.2 Å². The Morgan fingerprint density at radius 3 is 2.59 bits per heavy atom. The van der Waals surface area contributed by atoms with Gasteiger partial charge in [0, 0.05) is 11.6 Å². The summed E-state index contributed by atoms with van der Waals surface area (Å²) in [5.41, 5.74) is -1.07. The van der Waals surface area contributed by atoms with E-state index in [1.54, 1.807) is 0 Å². The minimum absolute atomic E-state index is 0.0925. The zero-order valence-electron chi connectivity index (χ0n) is 8.36. The standard InChI is InChI=1S/C11H6FNO4/c12-10(15)5-1-2-6-8(3-5)13-4-7(9(6)14)11(16)17/h1-4H,(H,13,14)(H,16,17). The molecule has 0 aliphatic rings. The van der Waals surface area contributed by atoms with Gasteiger partial charge in [0.1, 0.15) is 5.56 Å². The van der Waals surface area contributed by atoms with Crippen molar-refractivity contribution in [3.05, 3.63) is 45.7 Å². The fraction of sp³-hybridized carbons (Fsp3) is 0. The quantitative estimate of drug-likeness (QED) is 0.769. The molecule has 0 bridgehead atoms. The van der Waals surface area contributed by atoms with Crippen LogP contribution in [0.5, 0.6) is 0 Å². The van der Waals surface area contributed by atoms with Crippen LogP contribution in [-0.4, -0.2) is 22.1 Å². The van der Waals surface area contributed by atoms with Gasteiger partial charge in [-0.15, -0.1) is 0 Å². The van der Waals surface area contributed by atoms with Crippen molar-refractivity contribution >= 4 is 22.9 Å². The lowest BCUT2D eigenvalue weighted by Gasteiger charge is -2.00. The molecule has 1 heterocycles. The largest absolute Gasteiger partial charge is 0.477 e. The zero-order valence-corrected chi connectivity index (χ0v) is 8.36. The molecule has 0 saturated heterocycles. The smallest absolute Gasteiger partial charge is 0.341 e. The molecule has 0 atom stereocenters. The van der Waals surface area contributed by atoms with Crippen LogP contribution in [-0.2, 0) is 0 Å². The second-order valence-electron chi connectivity index (χ2n) is 3.37. The van der Waals surface area contributed by atoms with Crippen LogP contribution in [0.2, 0.25) is 0 Å². The molecule has 0 saturated carbocycles. The first-order chi connectivity index (χ1) is 8.00. The summed E-state index contributed by atoms with van der Waals surface area (Å²) in [6, 6.07) is 1.89. The normalized spacial score (nSPS) is 10.4. The molecule has 0 aliphatic heterocycles. The third-order valence-corrected chi connectivity index (χ3v) is 2.34. The minimum Gasteiger partial charge on any atom is -0.477 e. The van der Waals surface area contributed by atoms with E-state index in [1.807, 2.05) is 0 Å². The van der Waals surface area contributed by atoms with Crippen molar-refractivity contribution in [1.82, 2.24) is 4.98 Å². The number of benzene rings is 1. The first kappa shape index (κ1) is 11.0. The summed E-state index contributed by atoms with van der Waals surface area (Å²) in [6.45, 7) is 0. The summed E-state index contributed by atoms with van der Waals surface area (Å²) >= 11 is 0. The van der Waals surface area contributed by atoms with Crippen LogP contribution in [0.4, 0.5) is 4.39 Å². The predicted octanol–water partition coefficient (Wildman–Crippen LogP) is 1.34. The molecule has 2 aromatic rings. The van der Waals surface area contributed by atoms with Crippen LogP contribution < -0.4 is 5.43 Å². The summed E-state index contributed by atoms with van der Waals surface area (Å²) < 4.78 is 12.4. The second kappa shape index (κ2) is 3.82. The Kier molecular flexibility index (Phi) is 2.47. The molecular weight excluding hydrogens is 229 g/mol. The minimum atomic E-state index is -1.62. The van der Waals surface area contributed by atoms with E-state index in [0.717, 1.165) is 18.3 Å². The Morgan fingerprint density at radius 1 is 1.29 bits per heavy atom. The highest BCUT2D eigenvalue weighted by molar-refractivity contribution is 5.96. The number of aromatic amines is 1. The third-order valence-electron chi connectivity index (χ3n) is 2.34. The Labute approximate surface area is 93.5 Å². The molecule has 2 rings (SSSR count). The van der Waals surface area contributed by atoms with E-state index < -0.39 is 23.0 Å². The van der Waals surface area contributed by atoms with Crippen LogP contribution in [0, 0.1) is 0 Å². The van der Waals surface area contributed by atoms with Crippen LogP contribution in [0.25, 0.3) is 10.9 Å². The zero-order chi connectivity index (χ0) is 12.6. The monoisotopic (exact) mass is 235 g/mol. The van der Waals surface area contributed by atoms with Gasteiger partial charge in [-0.1, -0.05) is 0 Å². The number of fused-ring (bicyclic) bond motifs is 1. The molecule has 1 aromatic carbocycles. The number of carboxylic acid groups (broad SMARTS) is 1. The van der Waals surface area contributed by atoms with Crippen LogP contribution in [0.15, 0.2) is 29.2 Å². The van der Waals surface area contributed by atoms with Gasteiger partial charge in [-0.3, -0.25) is 9.59 Å². The molecule has 5 nitrogen and oxygen atoms in total. The van der Waals surface area contributed by atoms with Gasteiger partial charge in [0.05, 0.1) is 11.1 Å². The van der Waals surface area contributed by atoms with Gasteiger partial charge in [-0.25, -0.2) is 4.79 Å². The molecular formula is C11H6FNO4. The van der Waals surface area contributed by atoms with Gasteiger partial charge in [0.25, 0.3) is 0 Å². The van der Waals surface area contributed by atoms with Crippen molar-refractivity contribution in [2.24, 2.45) is 0 Å². The molecule has 0 unspecified atom stereocenters. The summed E-state index contributed by atoms with van der Waals surface area (Å²) in [5.74, 6) is -1.35. The summed E-state index contributed by atoms with van der Waals surface area (Å²) in [5, 5.41) is 8.83. The van der Waals surface area contributed by atoms with Gasteiger partial charge in [0.15, 0.2) is 0 Å². The molecule has 0 fully saturated rings. The van der Waals surface area contributed by atoms with E-state index in [1.165, 1.54) is 6.07 Å². The number of hydrogen-bond acceptors (Lipinski definition) is 3. The molecule has 17 heavy (non-hydrogen) atoms. The number of rotatable bonds is 2. The van der Waals surface area contributed by atoms with Crippen molar-refractivity contribution < 1.29 is 19.1 Å². The Hall–Kier alpha value is -2.50. The number of hydrogen-bond donors (Lipinski definition) is 2. The third kappa shape index (κ3) is 1.80. The molecule has 0 aliphatic carbocycles. The fourth-order valence-electron chi connectivity index (χ4n) is 1.50. The van der Waals surface area contributed by atoms with Crippen molar-refractivity contribution in [3.8, 4) is 0 Å². The molecule has 86 valence electrons. The van der Waals surface area contributed by atoms with E-state index in [-0.39, 0.29) is 16.5 Å². The fourth-order valence-corrected chi connectivity index (χ4v) is 1.50. The number of carbonyl (C=O) groups excluding carboxylic acids is 1. The average molecular weight is 235 g/mol. The first-order valence-corrected chi connectivity index (χ1v) is 4.59. The van der Waals surface area contributed by atoms with E-state index in [2.05, 4.69) is 4.98 Å². The lowest BCUT2D eigenvalue weighted by molar-refractivity contribution is 0.0694. The van der Waals surface area contributed by atoms with Gasteiger partial charge >= 0.3 is 12.0 Å². The summed E-state index contributed by atoms with van der Waals surface area (Å²) in [4.78, 5) is 35.4. The van der Waals surface area contributed by atoms with E-state index in [4.69, 9.17) is 5.11 Å². The molecule has 6 heteroatoms. The van der Waals surface area contributed by atoms with Gasteiger partial charge in [-0.2, -0.15) is 4.39 Å². The van der Waals surface area contributed by atoms with Crippen LogP contribution >= 0.6 is 0 Å². The van der Waals surface area contributed by atoms with Crippen molar-refractivity contribution in [3.63, 3.8) is 0 Å². The second-order valence-corrected chi connectivity index (χ2v) is 3.37. The number of carbonyl (C=O) groups is 2. The lowest BCUT2D eigenvalue weighted by Crippen LogP contribution is -2.15. The number of aromatic carboxylic acids is 1. The molecule has 1 aromatic heterocycles. The number of aromatic nitrogens is 1. The maximum Gasteiger partial charge on any atom is 0.341 e. The number of nitrogens with one attached hydrogen (secondary N) is 1. The Morgan fingerprint density at radius 2 is 2.00 bits per heavy atom. The highest BCUT2D eigenvalue weighted by atomic mass is 19.1. The topological polar surface area (TPSA) is 87.2 Å². The Balaban J connectivity index is 2.77. The molecule has 2 N–H and O–H groups in total. The average Bonchev–Trinajstić information content (AvgIpc) is 2.28.